The summed E-state index contributed by atoms with van der Waals surface area (Å²) < 4.78 is 32.1. The van der Waals surface area contributed by atoms with Crippen LogP contribution in [0.2, 0.25) is 5.02 Å². The van der Waals surface area contributed by atoms with Crippen LogP contribution in [0.5, 0.6) is 0 Å². The average molecular weight is 523 g/mol. The van der Waals surface area contributed by atoms with E-state index in [4.69, 9.17) is 21.2 Å². The summed E-state index contributed by atoms with van der Waals surface area (Å²) >= 11 is 5.99. The highest BCUT2D eigenvalue weighted by atomic mass is 35.5. The molecule has 1 aliphatic rings. The van der Waals surface area contributed by atoms with Gasteiger partial charge in [0, 0.05) is 28.7 Å². The minimum Gasteiger partial charge on any atom is -0.460 e. The van der Waals surface area contributed by atoms with Gasteiger partial charge in [0.25, 0.3) is 0 Å². The molecule has 186 valence electrons. The molecule has 0 bridgehead atoms. The second kappa shape index (κ2) is 10.4. The third-order valence-electron chi connectivity index (χ3n) is 5.73. The van der Waals surface area contributed by atoms with Gasteiger partial charge in [-0.1, -0.05) is 23.7 Å². The standard InChI is InChI=1S/C22H23ClN4O7S/c23-15-3-1-2-12(4-15)20(29)14-6-19(33-9-14)21(30)17-8-25-11-26-22(17)27-16-5-13(18(28)7-16)10-34-35(24,31)32/h1-4,6,8-9,11,13,16,18,20,28-29H,5,7,10H2,(H2,24,31,32)(H,25,26,27)/t13-,16-,18+,20+/m1/s1. The maximum absolute atomic E-state index is 13.1. The maximum Gasteiger partial charge on any atom is 0.333 e. The van der Waals surface area contributed by atoms with Gasteiger partial charge in [-0.15, -0.1) is 0 Å². The van der Waals surface area contributed by atoms with E-state index in [9.17, 15) is 23.4 Å². The van der Waals surface area contributed by atoms with Crippen LogP contribution in [-0.2, 0) is 14.5 Å². The molecular formula is C22H23ClN4O7S. The Kier molecular flexibility index (Phi) is 7.50. The Morgan fingerprint density at radius 1 is 1.31 bits per heavy atom. The van der Waals surface area contributed by atoms with E-state index in [0.717, 1.165) is 0 Å². The molecule has 1 fully saturated rings. The van der Waals surface area contributed by atoms with Crippen molar-refractivity contribution in [3.8, 4) is 0 Å². The van der Waals surface area contributed by atoms with Crippen molar-refractivity contribution >= 4 is 33.5 Å². The number of carbonyl (C=O) groups excluding carboxylic acids is 1. The number of hydrogen-bond acceptors (Lipinski definition) is 10. The maximum atomic E-state index is 13.1. The minimum atomic E-state index is -4.12. The number of ketones is 1. The van der Waals surface area contributed by atoms with Crippen molar-refractivity contribution in [2.24, 2.45) is 11.1 Å². The van der Waals surface area contributed by atoms with Gasteiger partial charge in [-0.3, -0.25) is 8.98 Å². The van der Waals surface area contributed by atoms with Crippen molar-refractivity contribution in [2.75, 3.05) is 11.9 Å². The molecular weight excluding hydrogens is 500 g/mol. The number of benzene rings is 1. The first-order chi connectivity index (χ1) is 16.6. The number of rotatable bonds is 9. The number of hydrogen-bond donors (Lipinski definition) is 4. The van der Waals surface area contributed by atoms with E-state index in [-0.39, 0.29) is 36.2 Å². The number of aliphatic hydroxyl groups excluding tert-OH is 2. The van der Waals surface area contributed by atoms with E-state index in [1.54, 1.807) is 24.3 Å². The zero-order valence-corrected chi connectivity index (χ0v) is 19.8. The molecule has 0 unspecified atom stereocenters. The molecule has 5 N–H and O–H groups in total. The molecule has 2 aromatic heterocycles. The van der Waals surface area contributed by atoms with E-state index in [1.165, 1.54) is 24.9 Å². The van der Waals surface area contributed by atoms with Crippen LogP contribution in [0.3, 0.4) is 0 Å². The van der Waals surface area contributed by atoms with Crippen LogP contribution in [0.4, 0.5) is 5.82 Å². The van der Waals surface area contributed by atoms with Crippen LogP contribution < -0.4 is 10.5 Å². The first-order valence-electron chi connectivity index (χ1n) is 10.6. The predicted octanol–water partition coefficient (Wildman–Crippen LogP) is 1.81. The fourth-order valence-corrected chi connectivity index (χ4v) is 4.56. The lowest BCUT2D eigenvalue weighted by atomic mass is 10.0. The molecule has 1 aromatic carbocycles. The number of aliphatic hydroxyl groups is 2. The van der Waals surface area contributed by atoms with Gasteiger partial charge in [0.1, 0.15) is 18.2 Å². The average Bonchev–Trinajstić information content (AvgIpc) is 3.43. The van der Waals surface area contributed by atoms with Gasteiger partial charge in [0.2, 0.25) is 5.78 Å². The molecule has 4 atom stereocenters. The van der Waals surface area contributed by atoms with E-state index < -0.39 is 34.2 Å². The van der Waals surface area contributed by atoms with E-state index in [1.807, 2.05) is 0 Å². The van der Waals surface area contributed by atoms with Crippen LogP contribution in [0.1, 0.15) is 46.2 Å². The Morgan fingerprint density at radius 2 is 2.11 bits per heavy atom. The number of nitrogens with zero attached hydrogens (tertiary/aromatic N) is 2. The molecule has 2 heterocycles. The van der Waals surface area contributed by atoms with Gasteiger partial charge in [0.15, 0.2) is 5.76 Å². The van der Waals surface area contributed by atoms with Gasteiger partial charge < -0.3 is 19.9 Å². The minimum absolute atomic E-state index is 0.0233. The Bertz CT molecular complexity index is 1320. The van der Waals surface area contributed by atoms with Crippen LogP contribution in [0.15, 0.2) is 53.5 Å². The van der Waals surface area contributed by atoms with Gasteiger partial charge in [-0.05, 0) is 36.6 Å². The number of nitrogens with two attached hydrogens (primary N) is 1. The zero-order valence-electron chi connectivity index (χ0n) is 18.2. The lowest BCUT2D eigenvalue weighted by Crippen LogP contribution is -2.24. The molecule has 3 aromatic rings. The largest absolute Gasteiger partial charge is 0.460 e. The topological polar surface area (TPSA) is 178 Å². The SMILES string of the molecule is NS(=O)(=O)OC[C@H]1C[C@@H](Nc2ncncc2C(=O)c2cc([C@@H](O)c3cccc(Cl)c3)co2)C[C@@H]1O. The smallest absolute Gasteiger partial charge is 0.333 e. The summed E-state index contributed by atoms with van der Waals surface area (Å²) in [7, 11) is -4.12. The molecule has 1 saturated carbocycles. The second-order valence-electron chi connectivity index (χ2n) is 8.23. The Morgan fingerprint density at radius 3 is 2.86 bits per heavy atom. The van der Waals surface area contributed by atoms with Crippen molar-refractivity contribution in [3.05, 3.63) is 76.6 Å². The number of furan rings is 1. The van der Waals surface area contributed by atoms with Crippen molar-refractivity contribution in [1.82, 2.24) is 9.97 Å². The lowest BCUT2D eigenvalue weighted by molar-refractivity contribution is 0.100. The molecule has 0 amide bonds. The van der Waals surface area contributed by atoms with Gasteiger partial charge in [0.05, 0.1) is 24.5 Å². The van der Waals surface area contributed by atoms with Crippen LogP contribution >= 0.6 is 11.6 Å². The first kappa shape index (κ1) is 25.2. The number of carbonyl (C=O) groups is 1. The molecule has 0 aliphatic heterocycles. The molecule has 1 aliphatic carbocycles. The van der Waals surface area contributed by atoms with Crippen molar-refractivity contribution in [2.45, 2.75) is 31.1 Å². The molecule has 13 heteroatoms. The summed E-state index contributed by atoms with van der Waals surface area (Å²) in [6.45, 7) is -0.252. The Labute approximate surface area is 206 Å². The summed E-state index contributed by atoms with van der Waals surface area (Å²) in [6.07, 6.45) is 2.68. The molecule has 11 nitrogen and oxygen atoms in total. The van der Waals surface area contributed by atoms with Crippen LogP contribution in [0, 0.1) is 5.92 Å². The summed E-state index contributed by atoms with van der Waals surface area (Å²) in [6, 6.07) is 7.84. The monoisotopic (exact) mass is 522 g/mol. The fourth-order valence-electron chi connectivity index (χ4n) is 4.00. The summed E-state index contributed by atoms with van der Waals surface area (Å²) in [5.41, 5.74) is 1.05. The Hall–Kier alpha value is -2.87. The van der Waals surface area contributed by atoms with Gasteiger partial charge in [-0.2, -0.15) is 8.42 Å². The summed E-state index contributed by atoms with van der Waals surface area (Å²) in [4.78, 5) is 21.2. The quantitative estimate of drug-likeness (QED) is 0.303. The third-order valence-corrected chi connectivity index (χ3v) is 6.42. The highest BCUT2D eigenvalue weighted by Gasteiger charge is 2.35. The van der Waals surface area contributed by atoms with E-state index >= 15 is 0 Å². The van der Waals surface area contributed by atoms with Crippen LogP contribution in [0.25, 0.3) is 0 Å². The number of nitrogens with one attached hydrogen (secondary N) is 1. The molecule has 35 heavy (non-hydrogen) atoms. The number of anilines is 1. The second-order valence-corrected chi connectivity index (χ2v) is 9.89. The number of aromatic nitrogens is 2. The van der Waals surface area contributed by atoms with Crippen molar-refractivity contribution < 1.29 is 32.0 Å². The first-order valence-corrected chi connectivity index (χ1v) is 12.4. The van der Waals surface area contributed by atoms with E-state index in [2.05, 4.69) is 19.5 Å². The van der Waals surface area contributed by atoms with E-state index in [0.29, 0.717) is 22.6 Å². The van der Waals surface area contributed by atoms with Gasteiger partial charge >= 0.3 is 10.3 Å². The number of halogens is 1. The molecule has 0 saturated heterocycles. The van der Waals surface area contributed by atoms with Crippen molar-refractivity contribution in [3.63, 3.8) is 0 Å². The highest BCUT2D eigenvalue weighted by Crippen LogP contribution is 2.31. The molecule has 4 rings (SSSR count). The summed E-state index contributed by atoms with van der Waals surface area (Å²) in [5.74, 6) is -0.772. The summed E-state index contributed by atoms with van der Waals surface area (Å²) in [5, 5.41) is 29.3. The van der Waals surface area contributed by atoms with Crippen LogP contribution in [-0.4, -0.2) is 53.1 Å². The fraction of sp³-hybridized carbons (Fsp3) is 0.318. The van der Waals surface area contributed by atoms with Crippen molar-refractivity contribution in [1.29, 1.82) is 0 Å². The third kappa shape index (κ3) is 6.23. The highest BCUT2D eigenvalue weighted by molar-refractivity contribution is 7.84. The normalized spacial score (nSPS) is 21.1. The zero-order chi connectivity index (χ0) is 25.2. The molecule has 0 spiro atoms. The lowest BCUT2D eigenvalue weighted by Gasteiger charge is -2.15. The predicted molar refractivity (Wildman–Crippen MR) is 125 cm³/mol. The molecule has 0 radical (unpaired) electrons. The Balaban J connectivity index is 1.47. The van der Waals surface area contributed by atoms with Gasteiger partial charge in [-0.25, -0.2) is 15.1 Å².